The van der Waals surface area contributed by atoms with Crippen LogP contribution in [0.2, 0.25) is 0 Å². The third-order valence-corrected chi connectivity index (χ3v) is 3.37. The van der Waals surface area contributed by atoms with Crippen LogP contribution in [-0.2, 0) is 10.0 Å². The van der Waals surface area contributed by atoms with E-state index in [4.69, 9.17) is 5.11 Å². The highest BCUT2D eigenvalue weighted by atomic mass is 32.2. The van der Waals surface area contributed by atoms with Gasteiger partial charge in [0.05, 0.1) is 11.9 Å². The Morgan fingerprint density at radius 3 is 2.53 bits per heavy atom. The average molecular weight is 235 g/mol. The summed E-state index contributed by atoms with van der Waals surface area (Å²) >= 11 is 0. The maximum absolute atomic E-state index is 11.4. The standard InChI is InChI=1S/C10H21NO3S/c1-4-5-6-15(13,14)11-8-9(2)7-10(3)12/h4,9-12H,1,5-8H2,2-3H3. The zero-order valence-electron chi connectivity index (χ0n) is 9.44. The molecule has 0 radical (unpaired) electrons. The van der Waals surface area contributed by atoms with Crippen molar-refractivity contribution in [1.29, 1.82) is 0 Å². The highest BCUT2D eigenvalue weighted by Gasteiger charge is 2.12. The van der Waals surface area contributed by atoms with E-state index in [1.165, 1.54) is 0 Å². The normalized spacial score (nSPS) is 15.9. The van der Waals surface area contributed by atoms with Gasteiger partial charge in [0, 0.05) is 6.54 Å². The fourth-order valence-electron chi connectivity index (χ4n) is 1.25. The Balaban J connectivity index is 3.87. The highest BCUT2D eigenvalue weighted by Crippen LogP contribution is 2.04. The molecule has 15 heavy (non-hydrogen) atoms. The molecule has 0 aromatic rings. The first-order valence-corrected chi connectivity index (χ1v) is 6.79. The molecule has 0 heterocycles. The molecule has 0 amide bonds. The van der Waals surface area contributed by atoms with Crippen LogP contribution in [0.4, 0.5) is 0 Å². The minimum atomic E-state index is -3.18. The minimum absolute atomic E-state index is 0.0812. The van der Waals surface area contributed by atoms with E-state index in [0.29, 0.717) is 19.4 Å². The number of rotatable bonds is 8. The van der Waals surface area contributed by atoms with Crippen molar-refractivity contribution in [3.05, 3.63) is 12.7 Å². The van der Waals surface area contributed by atoms with Gasteiger partial charge in [-0.15, -0.1) is 6.58 Å². The molecule has 2 atom stereocenters. The number of sulfonamides is 1. The summed E-state index contributed by atoms with van der Waals surface area (Å²) in [5.41, 5.74) is 0. The van der Waals surface area contributed by atoms with E-state index in [9.17, 15) is 8.42 Å². The number of nitrogens with one attached hydrogen (secondary N) is 1. The summed E-state index contributed by atoms with van der Waals surface area (Å²) in [5.74, 6) is 0.223. The summed E-state index contributed by atoms with van der Waals surface area (Å²) in [4.78, 5) is 0. The lowest BCUT2D eigenvalue weighted by Gasteiger charge is -2.14. The van der Waals surface area contributed by atoms with Crippen LogP contribution < -0.4 is 4.72 Å². The molecule has 0 aliphatic heterocycles. The maximum Gasteiger partial charge on any atom is 0.211 e. The number of aliphatic hydroxyl groups is 1. The molecule has 90 valence electrons. The van der Waals surface area contributed by atoms with Crippen LogP contribution in [0, 0.1) is 5.92 Å². The van der Waals surface area contributed by atoms with Crippen molar-refractivity contribution in [1.82, 2.24) is 4.72 Å². The summed E-state index contributed by atoms with van der Waals surface area (Å²) in [5, 5.41) is 9.10. The molecule has 0 rings (SSSR count). The van der Waals surface area contributed by atoms with Crippen molar-refractivity contribution in [3.8, 4) is 0 Å². The van der Waals surface area contributed by atoms with E-state index in [2.05, 4.69) is 11.3 Å². The van der Waals surface area contributed by atoms with Gasteiger partial charge in [-0.05, 0) is 25.7 Å². The lowest BCUT2D eigenvalue weighted by molar-refractivity contribution is 0.165. The lowest BCUT2D eigenvalue weighted by Crippen LogP contribution is -2.31. The molecule has 0 aliphatic rings. The van der Waals surface area contributed by atoms with Crippen LogP contribution in [0.5, 0.6) is 0 Å². The Kier molecular flexibility index (Phi) is 6.80. The molecule has 0 fully saturated rings. The van der Waals surface area contributed by atoms with E-state index in [1.807, 2.05) is 6.92 Å². The van der Waals surface area contributed by atoms with E-state index >= 15 is 0 Å². The SMILES string of the molecule is C=CCCS(=O)(=O)NCC(C)CC(C)O. The minimum Gasteiger partial charge on any atom is -0.393 e. The van der Waals surface area contributed by atoms with Gasteiger partial charge in [-0.25, -0.2) is 13.1 Å². The summed E-state index contributed by atoms with van der Waals surface area (Å²) in [6, 6.07) is 0. The van der Waals surface area contributed by atoms with Crippen LogP contribution >= 0.6 is 0 Å². The molecule has 0 aromatic carbocycles. The fourth-order valence-corrected chi connectivity index (χ4v) is 2.41. The van der Waals surface area contributed by atoms with Gasteiger partial charge in [-0.1, -0.05) is 13.0 Å². The topological polar surface area (TPSA) is 66.4 Å². The van der Waals surface area contributed by atoms with Gasteiger partial charge in [-0.3, -0.25) is 0 Å². The van der Waals surface area contributed by atoms with Gasteiger partial charge in [0.25, 0.3) is 0 Å². The Bertz CT molecular complexity index is 272. The van der Waals surface area contributed by atoms with Crippen LogP contribution in [-0.4, -0.2) is 31.9 Å². The van der Waals surface area contributed by atoms with Gasteiger partial charge >= 0.3 is 0 Å². The van der Waals surface area contributed by atoms with Crippen molar-refractivity contribution >= 4 is 10.0 Å². The predicted molar refractivity (Wildman–Crippen MR) is 62.1 cm³/mol. The summed E-state index contributed by atoms with van der Waals surface area (Å²) in [7, 11) is -3.18. The van der Waals surface area contributed by atoms with Crippen molar-refractivity contribution in [2.45, 2.75) is 32.8 Å². The second-order valence-corrected chi connectivity index (χ2v) is 5.86. The zero-order valence-corrected chi connectivity index (χ0v) is 10.3. The molecular formula is C10H21NO3S. The fraction of sp³-hybridized carbons (Fsp3) is 0.800. The molecule has 4 nitrogen and oxygen atoms in total. The second-order valence-electron chi connectivity index (χ2n) is 3.93. The molecule has 0 saturated carbocycles. The highest BCUT2D eigenvalue weighted by molar-refractivity contribution is 7.89. The van der Waals surface area contributed by atoms with Crippen molar-refractivity contribution in [3.63, 3.8) is 0 Å². The number of hydrogen-bond acceptors (Lipinski definition) is 3. The molecular weight excluding hydrogens is 214 g/mol. The summed E-state index contributed by atoms with van der Waals surface area (Å²) in [6.45, 7) is 7.46. The Morgan fingerprint density at radius 1 is 1.47 bits per heavy atom. The smallest absolute Gasteiger partial charge is 0.211 e. The van der Waals surface area contributed by atoms with Crippen LogP contribution in [0.3, 0.4) is 0 Å². The lowest BCUT2D eigenvalue weighted by atomic mass is 10.1. The molecule has 2 unspecified atom stereocenters. The summed E-state index contributed by atoms with van der Waals surface area (Å²) < 4.78 is 25.2. The third kappa shape index (κ3) is 8.59. The van der Waals surface area contributed by atoms with E-state index in [-0.39, 0.29) is 11.7 Å². The van der Waals surface area contributed by atoms with E-state index < -0.39 is 16.1 Å². The Morgan fingerprint density at radius 2 is 2.07 bits per heavy atom. The van der Waals surface area contributed by atoms with E-state index in [1.54, 1.807) is 13.0 Å². The number of allylic oxidation sites excluding steroid dienone is 1. The molecule has 0 bridgehead atoms. The second kappa shape index (κ2) is 6.98. The van der Waals surface area contributed by atoms with Gasteiger partial charge in [0.2, 0.25) is 10.0 Å². The number of aliphatic hydroxyl groups excluding tert-OH is 1. The van der Waals surface area contributed by atoms with Gasteiger partial charge in [-0.2, -0.15) is 0 Å². The maximum atomic E-state index is 11.4. The quantitative estimate of drug-likeness (QED) is 0.614. The molecule has 0 aliphatic carbocycles. The molecule has 5 heteroatoms. The van der Waals surface area contributed by atoms with E-state index in [0.717, 1.165) is 0 Å². The van der Waals surface area contributed by atoms with Crippen molar-refractivity contribution in [2.75, 3.05) is 12.3 Å². The first-order chi connectivity index (χ1) is 6.87. The number of hydrogen-bond donors (Lipinski definition) is 2. The largest absolute Gasteiger partial charge is 0.393 e. The van der Waals surface area contributed by atoms with Gasteiger partial charge in [0.15, 0.2) is 0 Å². The molecule has 2 N–H and O–H groups in total. The molecule has 0 spiro atoms. The third-order valence-electron chi connectivity index (χ3n) is 1.99. The molecule has 0 saturated heterocycles. The monoisotopic (exact) mass is 235 g/mol. The first-order valence-electron chi connectivity index (χ1n) is 5.13. The average Bonchev–Trinajstić information content (AvgIpc) is 2.11. The van der Waals surface area contributed by atoms with Crippen molar-refractivity contribution < 1.29 is 13.5 Å². The first kappa shape index (κ1) is 14.6. The van der Waals surface area contributed by atoms with Crippen molar-refractivity contribution in [2.24, 2.45) is 5.92 Å². The van der Waals surface area contributed by atoms with Crippen LogP contribution in [0.15, 0.2) is 12.7 Å². The zero-order chi connectivity index (χ0) is 11.9. The Labute approximate surface area is 92.4 Å². The Hall–Kier alpha value is -0.390. The summed E-state index contributed by atoms with van der Waals surface area (Å²) in [6.07, 6.45) is 2.25. The van der Waals surface area contributed by atoms with Gasteiger partial charge < -0.3 is 5.11 Å². The van der Waals surface area contributed by atoms with Crippen LogP contribution in [0.1, 0.15) is 26.7 Å². The molecule has 0 aromatic heterocycles. The van der Waals surface area contributed by atoms with Crippen LogP contribution in [0.25, 0.3) is 0 Å². The van der Waals surface area contributed by atoms with Gasteiger partial charge in [0.1, 0.15) is 0 Å². The predicted octanol–water partition coefficient (Wildman–Crippen LogP) is 0.889.